The van der Waals surface area contributed by atoms with Gasteiger partial charge in [0.2, 0.25) is 0 Å². The van der Waals surface area contributed by atoms with Crippen LogP contribution in [0.1, 0.15) is 19.3 Å². The highest BCUT2D eigenvalue weighted by atomic mass is 35.5. The van der Waals surface area contributed by atoms with Crippen LogP contribution in [0.15, 0.2) is 35.3 Å². The third kappa shape index (κ3) is 4.35. The fourth-order valence-corrected chi connectivity index (χ4v) is 4.04. The molecule has 8 heteroatoms. The van der Waals surface area contributed by atoms with Gasteiger partial charge in [-0.2, -0.15) is 9.78 Å². The van der Waals surface area contributed by atoms with Crippen LogP contribution in [-0.2, 0) is 9.47 Å². The Morgan fingerprint density at radius 2 is 1.89 bits per heavy atom. The van der Waals surface area contributed by atoms with Gasteiger partial charge in [-0.25, -0.2) is 0 Å². The maximum atomic E-state index is 12.7. The van der Waals surface area contributed by atoms with Gasteiger partial charge in [0.1, 0.15) is 5.02 Å². The van der Waals surface area contributed by atoms with Gasteiger partial charge in [0.15, 0.2) is 0 Å². The van der Waals surface area contributed by atoms with Crippen LogP contribution in [0.25, 0.3) is 5.69 Å². The van der Waals surface area contributed by atoms with E-state index in [4.69, 9.17) is 32.7 Å². The first-order chi connectivity index (χ1) is 13.6. The van der Waals surface area contributed by atoms with Crippen molar-refractivity contribution in [3.8, 4) is 5.69 Å². The Bertz CT molecular complexity index is 858. The molecule has 2 fully saturated rings. The molecule has 0 bridgehead atoms. The quantitative estimate of drug-likeness (QED) is 0.735. The Balaban J connectivity index is 1.40. The Hall–Kier alpha value is -1.60. The number of piperidine rings is 1. The van der Waals surface area contributed by atoms with Gasteiger partial charge >= 0.3 is 0 Å². The van der Waals surface area contributed by atoms with Gasteiger partial charge in [-0.1, -0.05) is 23.2 Å². The van der Waals surface area contributed by atoms with Gasteiger partial charge in [-0.05, 0) is 43.5 Å². The largest absolute Gasteiger partial charge is 0.381 e. The van der Waals surface area contributed by atoms with E-state index in [1.807, 2.05) is 0 Å². The first-order valence-corrected chi connectivity index (χ1v) is 10.4. The lowest BCUT2D eigenvalue weighted by atomic mass is 10.1. The van der Waals surface area contributed by atoms with Crippen LogP contribution in [0, 0.1) is 5.92 Å². The fourth-order valence-electron chi connectivity index (χ4n) is 3.66. The number of halogens is 2. The number of ether oxygens (including phenoxy) is 2. The molecule has 1 atom stereocenters. The summed E-state index contributed by atoms with van der Waals surface area (Å²) in [5, 5.41) is 5.10. The summed E-state index contributed by atoms with van der Waals surface area (Å²) in [5.41, 5.74) is 0.978. The second kappa shape index (κ2) is 8.82. The minimum absolute atomic E-state index is 0.187. The van der Waals surface area contributed by atoms with E-state index >= 15 is 0 Å². The Labute approximate surface area is 173 Å². The standard InChI is InChI=1S/C20H23Cl2N3O3/c21-15-1-3-16(4-2-15)25-20(26)19(22)18(11-23-25)24-8-5-17(6-9-24)28-13-14-7-10-27-12-14/h1-4,11,14,17H,5-10,12-13H2. The van der Waals surface area contributed by atoms with E-state index in [0.717, 1.165) is 52.2 Å². The van der Waals surface area contributed by atoms with Crippen molar-refractivity contribution >= 4 is 28.9 Å². The zero-order valence-electron chi connectivity index (χ0n) is 15.5. The maximum Gasteiger partial charge on any atom is 0.292 e. The third-order valence-electron chi connectivity index (χ3n) is 5.35. The number of benzene rings is 1. The average Bonchev–Trinajstić information content (AvgIpc) is 3.24. The van der Waals surface area contributed by atoms with E-state index < -0.39 is 0 Å². The molecule has 2 aliphatic rings. The lowest BCUT2D eigenvalue weighted by Crippen LogP contribution is -2.39. The molecule has 0 aliphatic carbocycles. The van der Waals surface area contributed by atoms with Gasteiger partial charge in [0.25, 0.3) is 5.56 Å². The molecule has 2 aliphatic heterocycles. The van der Waals surface area contributed by atoms with Crippen LogP contribution in [0.2, 0.25) is 10.0 Å². The van der Waals surface area contributed by atoms with Crippen molar-refractivity contribution in [3.63, 3.8) is 0 Å². The maximum absolute atomic E-state index is 12.7. The lowest BCUT2D eigenvalue weighted by molar-refractivity contribution is 0.0131. The Morgan fingerprint density at radius 3 is 2.57 bits per heavy atom. The highest BCUT2D eigenvalue weighted by Crippen LogP contribution is 2.26. The summed E-state index contributed by atoms with van der Waals surface area (Å²) in [4.78, 5) is 14.8. The van der Waals surface area contributed by atoms with Gasteiger partial charge in [0, 0.05) is 30.6 Å². The van der Waals surface area contributed by atoms with E-state index in [0.29, 0.717) is 22.3 Å². The molecule has 0 amide bonds. The van der Waals surface area contributed by atoms with Gasteiger partial charge in [0.05, 0.1) is 36.9 Å². The second-order valence-corrected chi connectivity index (χ2v) is 8.10. The minimum atomic E-state index is -0.332. The van der Waals surface area contributed by atoms with Crippen LogP contribution in [-0.4, -0.2) is 48.8 Å². The van der Waals surface area contributed by atoms with Crippen molar-refractivity contribution in [2.24, 2.45) is 5.92 Å². The average molecular weight is 424 g/mol. The fraction of sp³-hybridized carbons (Fsp3) is 0.500. The highest BCUT2D eigenvalue weighted by molar-refractivity contribution is 6.33. The van der Waals surface area contributed by atoms with Crippen molar-refractivity contribution in [2.45, 2.75) is 25.4 Å². The molecule has 0 saturated carbocycles. The summed E-state index contributed by atoms with van der Waals surface area (Å²) in [6, 6.07) is 6.92. The molecule has 0 N–H and O–H groups in total. The molecule has 6 nitrogen and oxygen atoms in total. The first kappa shape index (κ1) is 19.7. The summed E-state index contributed by atoms with van der Waals surface area (Å²) in [6.45, 7) is 4.00. The van der Waals surface area contributed by atoms with Crippen LogP contribution >= 0.6 is 23.2 Å². The van der Waals surface area contributed by atoms with E-state index in [9.17, 15) is 4.79 Å². The topological polar surface area (TPSA) is 56.6 Å². The summed E-state index contributed by atoms with van der Waals surface area (Å²) >= 11 is 12.3. The molecule has 3 heterocycles. The van der Waals surface area contributed by atoms with Crippen LogP contribution < -0.4 is 10.5 Å². The summed E-state index contributed by atoms with van der Waals surface area (Å²) in [6.07, 6.45) is 4.81. The normalized spacial score (nSPS) is 20.6. The van der Waals surface area contributed by atoms with Crippen LogP contribution in [0.4, 0.5) is 5.69 Å². The number of hydrogen-bond donors (Lipinski definition) is 0. The van der Waals surface area contributed by atoms with Crippen molar-refractivity contribution in [2.75, 3.05) is 37.8 Å². The van der Waals surface area contributed by atoms with Crippen LogP contribution in [0.3, 0.4) is 0 Å². The molecule has 0 radical (unpaired) electrons. The molecule has 1 aromatic carbocycles. The summed E-state index contributed by atoms with van der Waals surface area (Å²) < 4.78 is 12.7. The molecule has 4 rings (SSSR count). The van der Waals surface area contributed by atoms with E-state index in [1.165, 1.54) is 4.68 Å². The zero-order chi connectivity index (χ0) is 19.5. The predicted molar refractivity (Wildman–Crippen MR) is 110 cm³/mol. The molecular formula is C20H23Cl2N3O3. The van der Waals surface area contributed by atoms with E-state index in [-0.39, 0.29) is 16.7 Å². The van der Waals surface area contributed by atoms with Crippen molar-refractivity contribution < 1.29 is 9.47 Å². The molecule has 2 aromatic rings. The first-order valence-electron chi connectivity index (χ1n) is 9.60. The molecular weight excluding hydrogens is 401 g/mol. The molecule has 150 valence electrons. The molecule has 2 saturated heterocycles. The smallest absolute Gasteiger partial charge is 0.292 e. The Morgan fingerprint density at radius 1 is 1.14 bits per heavy atom. The van der Waals surface area contributed by atoms with Gasteiger partial charge in [-0.3, -0.25) is 4.79 Å². The van der Waals surface area contributed by atoms with Crippen molar-refractivity contribution in [1.82, 2.24) is 9.78 Å². The molecule has 1 unspecified atom stereocenters. The lowest BCUT2D eigenvalue weighted by Gasteiger charge is -2.34. The number of hydrogen-bond acceptors (Lipinski definition) is 5. The monoisotopic (exact) mass is 423 g/mol. The summed E-state index contributed by atoms with van der Waals surface area (Å²) in [5.74, 6) is 0.525. The number of nitrogens with zero attached hydrogens (tertiary/aromatic N) is 3. The van der Waals surface area contributed by atoms with Crippen LogP contribution in [0.5, 0.6) is 0 Å². The van der Waals surface area contributed by atoms with Gasteiger partial charge < -0.3 is 14.4 Å². The zero-order valence-corrected chi connectivity index (χ0v) is 17.0. The van der Waals surface area contributed by atoms with Gasteiger partial charge in [-0.15, -0.1) is 0 Å². The number of anilines is 1. The minimum Gasteiger partial charge on any atom is -0.381 e. The molecule has 0 spiro atoms. The van der Waals surface area contributed by atoms with E-state index in [2.05, 4.69) is 10.00 Å². The van der Waals surface area contributed by atoms with E-state index in [1.54, 1.807) is 30.5 Å². The van der Waals surface area contributed by atoms with Crippen molar-refractivity contribution in [3.05, 3.63) is 50.9 Å². The third-order valence-corrected chi connectivity index (χ3v) is 5.95. The summed E-state index contributed by atoms with van der Waals surface area (Å²) in [7, 11) is 0. The Kier molecular flexibility index (Phi) is 6.21. The molecule has 28 heavy (non-hydrogen) atoms. The SMILES string of the molecule is O=c1c(Cl)c(N2CCC(OCC3CCOC3)CC2)cnn1-c1ccc(Cl)cc1. The number of aromatic nitrogens is 2. The highest BCUT2D eigenvalue weighted by Gasteiger charge is 2.25. The number of rotatable bonds is 5. The van der Waals surface area contributed by atoms with Crippen molar-refractivity contribution in [1.29, 1.82) is 0 Å². The second-order valence-electron chi connectivity index (χ2n) is 7.29. The molecule has 1 aromatic heterocycles. The predicted octanol–water partition coefficient (Wildman–Crippen LogP) is 3.56.